The highest BCUT2D eigenvalue weighted by Gasteiger charge is 2.31. The Bertz CT molecular complexity index is 622. The van der Waals surface area contributed by atoms with Crippen LogP contribution in [0.3, 0.4) is 0 Å². The molecule has 3 rings (SSSR count). The Labute approximate surface area is 126 Å². The quantitative estimate of drug-likeness (QED) is 0.876. The molecule has 0 radical (unpaired) electrons. The molecule has 3 nitrogen and oxygen atoms in total. The monoisotopic (exact) mass is 282 g/mol. The molecule has 0 bridgehead atoms. The molecule has 2 aromatic rings. The van der Waals surface area contributed by atoms with E-state index >= 15 is 0 Å². The van der Waals surface area contributed by atoms with E-state index < -0.39 is 0 Å². The van der Waals surface area contributed by atoms with Gasteiger partial charge in [0.15, 0.2) is 0 Å². The topological polar surface area (TPSA) is 38.5 Å². The summed E-state index contributed by atoms with van der Waals surface area (Å²) in [6.45, 7) is 6.09. The van der Waals surface area contributed by atoms with Crippen LogP contribution in [0.25, 0.3) is 0 Å². The fraction of sp³-hybridized carbons (Fsp3) is 0.333. The summed E-state index contributed by atoms with van der Waals surface area (Å²) in [7, 11) is 0. The standard InChI is InChI=1S/C18H22N2O/c1-18(2)13-20(11-10-14-6-4-3-5-7-14)16-12-15(19)8-9-17(16)21-18/h3-9,12H,10-11,13,19H2,1-2H3. The van der Waals surface area contributed by atoms with Gasteiger partial charge in [0.2, 0.25) is 0 Å². The molecule has 0 fully saturated rings. The third-order valence-corrected chi connectivity index (χ3v) is 3.79. The number of rotatable bonds is 3. The molecule has 2 aromatic carbocycles. The van der Waals surface area contributed by atoms with E-state index in [4.69, 9.17) is 10.5 Å². The first-order valence-electron chi connectivity index (χ1n) is 7.41. The van der Waals surface area contributed by atoms with Gasteiger partial charge in [-0.2, -0.15) is 0 Å². The molecule has 0 aromatic heterocycles. The molecule has 1 aliphatic rings. The lowest BCUT2D eigenvalue weighted by molar-refractivity contribution is 0.105. The number of nitrogen functional groups attached to an aromatic ring is 1. The average Bonchev–Trinajstić information content (AvgIpc) is 2.46. The Morgan fingerprint density at radius 2 is 1.90 bits per heavy atom. The van der Waals surface area contributed by atoms with Crippen molar-refractivity contribution in [3.63, 3.8) is 0 Å². The van der Waals surface area contributed by atoms with Crippen LogP contribution in [0, 0.1) is 0 Å². The zero-order valence-corrected chi connectivity index (χ0v) is 12.7. The summed E-state index contributed by atoms with van der Waals surface area (Å²) >= 11 is 0. The molecule has 21 heavy (non-hydrogen) atoms. The summed E-state index contributed by atoms with van der Waals surface area (Å²) in [5, 5.41) is 0. The van der Waals surface area contributed by atoms with Crippen LogP contribution >= 0.6 is 0 Å². The largest absolute Gasteiger partial charge is 0.484 e. The van der Waals surface area contributed by atoms with Crippen molar-refractivity contribution < 1.29 is 4.74 Å². The van der Waals surface area contributed by atoms with E-state index in [0.29, 0.717) is 0 Å². The molecule has 0 atom stereocenters. The molecule has 1 aliphatic heterocycles. The number of nitrogens with zero attached hydrogens (tertiary/aromatic N) is 1. The summed E-state index contributed by atoms with van der Waals surface area (Å²) in [5.74, 6) is 0.925. The van der Waals surface area contributed by atoms with Gasteiger partial charge in [0, 0.05) is 12.2 Å². The number of fused-ring (bicyclic) bond motifs is 1. The van der Waals surface area contributed by atoms with E-state index in [1.807, 2.05) is 18.2 Å². The van der Waals surface area contributed by atoms with Gasteiger partial charge in [-0.3, -0.25) is 0 Å². The molecular weight excluding hydrogens is 260 g/mol. The lowest BCUT2D eigenvalue weighted by Crippen LogP contribution is -2.47. The first kappa shape index (κ1) is 13.8. The lowest BCUT2D eigenvalue weighted by atomic mass is 10.0. The van der Waals surface area contributed by atoms with E-state index in [1.54, 1.807) is 0 Å². The van der Waals surface area contributed by atoms with Crippen LogP contribution in [-0.2, 0) is 6.42 Å². The smallest absolute Gasteiger partial charge is 0.143 e. The first-order valence-corrected chi connectivity index (χ1v) is 7.41. The number of nitrogens with two attached hydrogens (primary N) is 1. The van der Waals surface area contributed by atoms with Gasteiger partial charge in [-0.05, 0) is 44.0 Å². The second kappa shape index (κ2) is 5.32. The molecule has 0 unspecified atom stereocenters. The van der Waals surface area contributed by atoms with Gasteiger partial charge in [-0.15, -0.1) is 0 Å². The van der Waals surface area contributed by atoms with E-state index in [2.05, 4.69) is 49.1 Å². The average molecular weight is 282 g/mol. The van der Waals surface area contributed by atoms with Crippen LogP contribution in [0.5, 0.6) is 5.75 Å². The Hall–Kier alpha value is -2.16. The predicted molar refractivity (Wildman–Crippen MR) is 87.9 cm³/mol. The van der Waals surface area contributed by atoms with Crippen molar-refractivity contribution in [2.75, 3.05) is 23.7 Å². The van der Waals surface area contributed by atoms with Crippen LogP contribution in [0.2, 0.25) is 0 Å². The summed E-state index contributed by atoms with van der Waals surface area (Å²) in [5.41, 5.74) is 8.99. The summed E-state index contributed by atoms with van der Waals surface area (Å²) in [6, 6.07) is 16.5. The fourth-order valence-corrected chi connectivity index (χ4v) is 2.85. The molecule has 0 saturated heterocycles. The normalized spacial score (nSPS) is 16.2. The zero-order valence-electron chi connectivity index (χ0n) is 12.7. The van der Waals surface area contributed by atoms with Crippen molar-refractivity contribution in [1.29, 1.82) is 0 Å². The SMILES string of the molecule is CC1(C)CN(CCc2ccccc2)c2cc(N)ccc2O1. The first-order chi connectivity index (χ1) is 10.0. The van der Waals surface area contributed by atoms with Crippen LogP contribution < -0.4 is 15.4 Å². The molecule has 110 valence electrons. The van der Waals surface area contributed by atoms with Crippen molar-refractivity contribution in [1.82, 2.24) is 0 Å². The third-order valence-electron chi connectivity index (χ3n) is 3.79. The zero-order chi connectivity index (χ0) is 14.9. The van der Waals surface area contributed by atoms with Crippen LogP contribution in [0.15, 0.2) is 48.5 Å². The van der Waals surface area contributed by atoms with E-state index in [1.165, 1.54) is 5.56 Å². The minimum atomic E-state index is -0.181. The Kier molecular flexibility index (Phi) is 3.50. The molecule has 0 spiro atoms. The Balaban J connectivity index is 1.82. The molecule has 0 aliphatic carbocycles. The number of hydrogen-bond donors (Lipinski definition) is 1. The van der Waals surface area contributed by atoms with E-state index in [9.17, 15) is 0 Å². The van der Waals surface area contributed by atoms with Crippen molar-refractivity contribution in [2.45, 2.75) is 25.9 Å². The van der Waals surface area contributed by atoms with E-state index in [-0.39, 0.29) is 5.60 Å². The minimum absolute atomic E-state index is 0.181. The van der Waals surface area contributed by atoms with Gasteiger partial charge in [0.05, 0.1) is 12.2 Å². The van der Waals surface area contributed by atoms with Gasteiger partial charge in [-0.1, -0.05) is 30.3 Å². The summed E-state index contributed by atoms with van der Waals surface area (Å²) in [6.07, 6.45) is 1.02. The maximum absolute atomic E-state index is 6.06. The van der Waals surface area contributed by atoms with Crippen LogP contribution in [0.1, 0.15) is 19.4 Å². The summed E-state index contributed by atoms with van der Waals surface area (Å²) < 4.78 is 6.06. The van der Waals surface area contributed by atoms with Crippen molar-refractivity contribution in [2.24, 2.45) is 0 Å². The molecule has 3 heteroatoms. The summed E-state index contributed by atoms with van der Waals surface area (Å²) in [4.78, 5) is 2.38. The highest BCUT2D eigenvalue weighted by atomic mass is 16.5. The van der Waals surface area contributed by atoms with Crippen molar-refractivity contribution >= 4 is 11.4 Å². The lowest BCUT2D eigenvalue weighted by Gasteiger charge is -2.41. The van der Waals surface area contributed by atoms with Crippen LogP contribution in [0.4, 0.5) is 11.4 Å². The Morgan fingerprint density at radius 3 is 2.67 bits per heavy atom. The third kappa shape index (κ3) is 3.13. The Morgan fingerprint density at radius 1 is 1.14 bits per heavy atom. The molecular formula is C18H22N2O. The van der Waals surface area contributed by atoms with Crippen LogP contribution in [-0.4, -0.2) is 18.7 Å². The maximum atomic E-state index is 6.06. The molecule has 0 saturated carbocycles. The predicted octanol–water partition coefficient (Wildman–Crippen LogP) is 3.49. The van der Waals surface area contributed by atoms with Gasteiger partial charge in [0.1, 0.15) is 11.4 Å². The molecule has 0 amide bonds. The molecule has 1 heterocycles. The van der Waals surface area contributed by atoms with Crippen molar-refractivity contribution in [3.8, 4) is 5.75 Å². The number of anilines is 2. The number of hydrogen-bond acceptors (Lipinski definition) is 3. The van der Waals surface area contributed by atoms with Crippen molar-refractivity contribution in [3.05, 3.63) is 54.1 Å². The van der Waals surface area contributed by atoms with Gasteiger partial charge in [0.25, 0.3) is 0 Å². The van der Waals surface area contributed by atoms with Gasteiger partial charge >= 0.3 is 0 Å². The fourth-order valence-electron chi connectivity index (χ4n) is 2.85. The van der Waals surface area contributed by atoms with E-state index in [0.717, 1.165) is 36.6 Å². The minimum Gasteiger partial charge on any atom is -0.484 e. The second-order valence-corrected chi connectivity index (χ2v) is 6.25. The highest BCUT2D eigenvalue weighted by Crippen LogP contribution is 2.38. The number of benzene rings is 2. The second-order valence-electron chi connectivity index (χ2n) is 6.25. The highest BCUT2D eigenvalue weighted by molar-refractivity contribution is 5.66. The molecule has 2 N–H and O–H groups in total. The van der Waals surface area contributed by atoms with Gasteiger partial charge in [-0.25, -0.2) is 0 Å². The van der Waals surface area contributed by atoms with Gasteiger partial charge < -0.3 is 15.4 Å². The number of ether oxygens (including phenoxy) is 1. The maximum Gasteiger partial charge on any atom is 0.143 e.